The Bertz CT molecular complexity index is 848. The highest BCUT2D eigenvalue weighted by atomic mass is 19.4. The van der Waals surface area contributed by atoms with Crippen LogP contribution in [-0.2, 0) is 22.3 Å². The lowest BCUT2D eigenvalue weighted by molar-refractivity contribution is -0.141. The Kier molecular flexibility index (Phi) is 4.57. The first-order chi connectivity index (χ1) is 11.8. The van der Waals surface area contributed by atoms with Crippen molar-refractivity contribution in [3.8, 4) is 0 Å². The van der Waals surface area contributed by atoms with Crippen molar-refractivity contribution >= 4 is 17.0 Å². The molecule has 0 aliphatic heterocycles. The predicted octanol–water partition coefficient (Wildman–Crippen LogP) is 2.90. The number of halogens is 3. The largest absolute Gasteiger partial charge is 0.469 e. The maximum Gasteiger partial charge on any atom is 0.417 e. The van der Waals surface area contributed by atoms with Crippen LogP contribution in [0.25, 0.3) is 11.0 Å². The van der Waals surface area contributed by atoms with Gasteiger partial charge in [-0.2, -0.15) is 18.3 Å². The van der Waals surface area contributed by atoms with E-state index in [4.69, 9.17) is 0 Å². The number of rotatable bonds is 4. The summed E-state index contributed by atoms with van der Waals surface area (Å²) in [7, 11) is 1.21. The fourth-order valence-corrected chi connectivity index (χ4v) is 3.27. The second-order valence-corrected chi connectivity index (χ2v) is 6.16. The van der Waals surface area contributed by atoms with Crippen LogP contribution in [0.3, 0.4) is 0 Å². The van der Waals surface area contributed by atoms with Crippen LogP contribution in [0.15, 0.2) is 17.1 Å². The molecule has 0 amide bonds. The van der Waals surface area contributed by atoms with Gasteiger partial charge in [-0.3, -0.25) is 18.8 Å². The molecule has 0 saturated heterocycles. The summed E-state index contributed by atoms with van der Waals surface area (Å²) in [4.78, 5) is 23.5. The molecule has 0 radical (unpaired) electrons. The minimum atomic E-state index is -4.65. The van der Waals surface area contributed by atoms with E-state index in [1.54, 1.807) is 0 Å². The lowest BCUT2D eigenvalue weighted by Gasteiger charge is -2.11. The second kappa shape index (κ2) is 6.53. The van der Waals surface area contributed by atoms with Crippen LogP contribution in [-0.4, -0.2) is 27.4 Å². The number of carbonyl (C=O) groups excluding carboxylic acids is 1. The maximum absolute atomic E-state index is 13.3. The lowest BCUT2D eigenvalue weighted by atomic mass is 10.1. The zero-order chi connectivity index (χ0) is 18.2. The number of esters is 1. The van der Waals surface area contributed by atoms with Crippen LogP contribution in [0.2, 0.25) is 0 Å². The van der Waals surface area contributed by atoms with E-state index in [-0.39, 0.29) is 30.0 Å². The highest BCUT2D eigenvalue weighted by molar-refractivity contribution is 5.79. The molecule has 1 aliphatic carbocycles. The number of aryl methyl sites for hydroxylation is 1. The van der Waals surface area contributed by atoms with Crippen molar-refractivity contribution in [1.82, 2.24) is 14.3 Å². The molecule has 0 bridgehead atoms. The molecule has 2 aromatic heterocycles. The van der Waals surface area contributed by atoms with Gasteiger partial charge in [-0.25, -0.2) is 0 Å². The van der Waals surface area contributed by atoms with E-state index in [2.05, 4.69) is 9.84 Å². The fourth-order valence-electron chi connectivity index (χ4n) is 3.27. The van der Waals surface area contributed by atoms with Gasteiger partial charge in [0.05, 0.1) is 25.1 Å². The fraction of sp³-hybridized carbons (Fsp3) is 0.562. The van der Waals surface area contributed by atoms with Gasteiger partial charge in [0.25, 0.3) is 5.56 Å². The third-order valence-electron chi connectivity index (χ3n) is 4.56. The molecule has 0 unspecified atom stereocenters. The third kappa shape index (κ3) is 3.40. The first-order valence-electron chi connectivity index (χ1n) is 8.08. The maximum atomic E-state index is 13.3. The van der Waals surface area contributed by atoms with Crippen LogP contribution in [0.4, 0.5) is 13.2 Å². The minimum absolute atomic E-state index is 0.0395. The number of nitrogens with zero attached hydrogens (tertiary/aromatic N) is 3. The van der Waals surface area contributed by atoms with Crippen LogP contribution in [0.1, 0.15) is 43.7 Å². The zero-order valence-corrected chi connectivity index (χ0v) is 13.7. The van der Waals surface area contributed by atoms with Gasteiger partial charge in [-0.15, -0.1) is 0 Å². The van der Waals surface area contributed by atoms with Gasteiger partial charge < -0.3 is 4.74 Å². The van der Waals surface area contributed by atoms with Gasteiger partial charge in [0, 0.05) is 24.2 Å². The molecule has 6 nitrogen and oxygen atoms in total. The molecule has 1 aliphatic rings. The van der Waals surface area contributed by atoms with Crippen LogP contribution >= 0.6 is 0 Å². The van der Waals surface area contributed by atoms with Gasteiger partial charge in [-0.05, 0) is 12.8 Å². The van der Waals surface area contributed by atoms with Crippen molar-refractivity contribution in [3.63, 3.8) is 0 Å². The molecular formula is C16H18F3N3O3. The average molecular weight is 357 g/mol. The molecule has 0 spiro atoms. The lowest BCUT2D eigenvalue weighted by Crippen LogP contribution is -2.24. The Labute approximate surface area is 141 Å². The number of pyridine rings is 1. The molecule has 136 valence electrons. The van der Waals surface area contributed by atoms with Crippen molar-refractivity contribution in [2.45, 2.75) is 50.9 Å². The molecule has 0 aromatic carbocycles. The monoisotopic (exact) mass is 357 g/mol. The summed E-state index contributed by atoms with van der Waals surface area (Å²) in [5.41, 5.74) is -1.87. The van der Waals surface area contributed by atoms with Crippen molar-refractivity contribution in [3.05, 3.63) is 28.2 Å². The summed E-state index contributed by atoms with van der Waals surface area (Å²) in [6, 6.07) is 0.609. The third-order valence-corrected chi connectivity index (χ3v) is 4.56. The summed E-state index contributed by atoms with van der Waals surface area (Å²) < 4.78 is 47.1. The van der Waals surface area contributed by atoms with Crippen molar-refractivity contribution in [2.75, 3.05) is 7.11 Å². The van der Waals surface area contributed by atoms with Crippen molar-refractivity contribution in [1.29, 1.82) is 0 Å². The van der Waals surface area contributed by atoms with Gasteiger partial charge in [0.15, 0.2) is 5.65 Å². The smallest absolute Gasteiger partial charge is 0.417 e. The molecule has 0 atom stereocenters. The van der Waals surface area contributed by atoms with E-state index in [1.807, 2.05) is 0 Å². The van der Waals surface area contributed by atoms with Crippen LogP contribution in [0, 0.1) is 0 Å². The Morgan fingerprint density at radius 3 is 2.64 bits per heavy atom. The van der Waals surface area contributed by atoms with Crippen LogP contribution < -0.4 is 5.56 Å². The van der Waals surface area contributed by atoms with Gasteiger partial charge in [-0.1, -0.05) is 12.8 Å². The molecule has 2 heterocycles. The first-order valence-corrected chi connectivity index (χ1v) is 8.08. The summed E-state index contributed by atoms with van der Waals surface area (Å²) in [5, 5.41) is 4.14. The molecule has 2 aromatic rings. The minimum Gasteiger partial charge on any atom is -0.469 e. The van der Waals surface area contributed by atoms with Crippen molar-refractivity contribution in [2.24, 2.45) is 0 Å². The Balaban J connectivity index is 2.13. The number of methoxy groups -OCH3 is 1. The van der Waals surface area contributed by atoms with E-state index in [1.165, 1.54) is 18.0 Å². The van der Waals surface area contributed by atoms with E-state index in [9.17, 15) is 22.8 Å². The Morgan fingerprint density at radius 1 is 1.36 bits per heavy atom. The number of alkyl halides is 3. The zero-order valence-electron chi connectivity index (χ0n) is 13.7. The number of ether oxygens (including phenoxy) is 1. The van der Waals surface area contributed by atoms with E-state index in [0.717, 1.165) is 30.3 Å². The summed E-state index contributed by atoms with van der Waals surface area (Å²) in [6.07, 6.45) is 0.297. The van der Waals surface area contributed by atoms with Gasteiger partial charge in [0.2, 0.25) is 0 Å². The second-order valence-electron chi connectivity index (χ2n) is 6.16. The number of hydrogen-bond donors (Lipinski definition) is 0. The number of carbonyl (C=O) groups is 1. The number of hydrogen-bond acceptors (Lipinski definition) is 4. The highest BCUT2D eigenvalue weighted by Gasteiger charge is 2.35. The van der Waals surface area contributed by atoms with E-state index < -0.39 is 23.3 Å². The Hall–Kier alpha value is -2.32. The predicted molar refractivity (Wildman–Crippen MR) is 83.1 cm³/mol. The quantitative estimate of drug-likeness (QED) is 0.789. The standard InChI is InChI=1S/C16H18F3N3O3/c1-25-14(24)6-7-21-13(23)8-12(16(17,18)19)11-9-22(20-15(11)21)10-4-2-3-5-10/h8-10H,2-7H2,1H3. The molecular weight excluding hydrogens is 339 g/mol. The van der Waals surface area contributed by atoms with Gasteiger partial charge >= 0.3 is 12.1 Å². The summed E-state index contributed by atoms with van der Waals surface area (Å²) >= 11 is 0. The molecule has 0 N–H and O–H groups in total. The number of aromatic nitrogens is 3. The summed E-state index contributed by atoms with van der Waals surface area (Å²) in [6.45, 7) is -0.0815. The topological polar surface area (TPSA) is 66.1 Å². The first kappa shape index (κ1) is 17.5. The Morgan fingerprint density at radius 2 is 2.04 bits per heavy atom. The van der Waals surface area contributed by atoms with Gasteiger partial charge in [0.1, 0.15) is 0 Å². The average Bonchev–Trinajstić information content (AvgIpc) is 3.21. The molecule has 25 heavy (non-hydrogen) atoms. The summed E-state index contributed by atoms with van der Waals surface area (Å²) in [5.74, 6) is -0.546. The molecule has 1 saturated carbocycles. The molecule has 1 fully saturated rings. The molecule has 3 rings (SSSR count). The van der Waals surface area contributed by atoms with E-state index in [0.29, 0.717) is 6.07 Å². The normalized spacial score (nSPS) is 15.8. The van der Waals surface area contributed by atoms with E-state index >= 15 is 0 Å². The molecule has 9 heteroatoms. The van der Waals surface area contributed by atoms with Crippen molar-refractivity contribution < 1.29 is 22.7 Å². The van der Waals surface area contributed by atoms with Crippen LogP contribution in [0.5, 0.6) is 0 Å². The SMILES string of the molecule is COC(=O)CCn1c(=O)cc(C(F)(F)F)c2cn(C3CCCC3)nc21. The highest BCUT2D eigenvalue weighted by Crippen LogP contribution is 2.35. The number of fused-ring (bicyclic) bond motifs is 1.